The van der Waals surface area contributed by atoms with Crippen LogP contribution in [0.15, 0.2) is 24.4 Å². The maximum atomic E-state index is 14.5. The van der Waals surface area contributed by atoms with Crippen molar-refractivity contribution in [2.75, 3.05) is 36.1 Å². The minimum atomic E-state index is -0.437. The SMILES string of the molecule is Cc1nc(N2CCOCC2)ncc1C(=O)C=C1C(=O)N2c3c1cc(F)cc3C(C)CC2(C)C. The van der Waals surface area contributed by atoms with Gasteiger partial charge in [0.25, 0.3) is 5.91 Å². The number of benzene rings is 1. The molecule has 1 unspecified atom stereocenters. The number of aryl methyl sites for hydroxylation is 1. The van der Waals surface area contributed by atoms with E-state index < -0.39 is 11.4 Å². The number of ether oxygens (including phenoxy) is 1. The molecule has 0 radical (unpaired) electrons. The molecule has 2 aromatic rings. The van der Waals surface area contributed by atoms with Crippen LogP contribution in [0.25, 0.3) is 5.57 Å². The van der Waals surface area contributed by atoms with Gasteiger partial charge in [-0.05, 0) is 56.9 Å². The molecule has 8 heteroatoms. The van der Waals surface area contributed by atoms with Crippen molar-refractivity contribution in [3.8, 4) is 0 Å². The van der Waals surface area contributed by atoms with E-state index in [1.165, 1.54) is 24.4 Å². The van der Waals surface area contributed by atoms with Crippen LogP contribution in [0, 0.1) is 12.7 Å². The van der Waals surface area contributed by atoms with Gasteiger partial charge in [-0.3, -0.25) is 9.59 Å². The van der Waals surface area contributed by atoms with Gasteiger partial charge in [0.1, 0.15) is 5.82 Å². The predicted octanol–water partition coefficient (Wildman–Crippen LogP) is 3.66. The number of carbonyl (C=O) groups is 2. The maximum Gasteiger partial charge on any atom is 0.259 e. The number of rotatable bonds is 3. The Balaban J connectivity index is 1.54. The third-order valence-corrected chi connectivity index (χ3v) is 6.79. The summed E-state index contributed by atoms with van der Waals surface area (Å²) in [4.78, 5) is 39.3. The van der Waals surface area contributed by atoms with Gasteiger partial charge in [-0.15, -0.1) is 0 Å². The zero-order valence-corrected chi connectivity index (χ0v) is 19.3. The second-order valence-corrected chi connectivity index (χ2v) is 9.64. The molecule has 0 bridgehead atoms. The van der Waals surface area contributed by atoms with E-state index in [2.05, 4.69) is 9.97 Å². The Kier molecular flexibility index (Phi) is 5.08. The number of allylic oxidation sites excluding steroid dienone is 1. The van der Waals surface area contributed by atoms with Gasteiger partial charge in [0.15, 0.2) is 5.78 Å². The van der Waals surface area contributed by atoms with E-state index in [1.807, 2.05) is 25.7 Å². The number of amides is 1. The van der Waals surface area contributed by atoms with Crippen molar-refractivity contribution in [1.29, 1.82) is 0 Å². The Bertz CT molecular complexity index is 1200. The first kappa shape index (κ1) is 21.7. The summed E-state index contributed by atoms with van der Waals surface area (Å²) in [6, 6.07) is 2.86. The molecule has 1 fully saturated rings. The molecule has 172 valence electrons. The van der Waals surface area contributed by atoms with Crippen LogP contribution in [0.2, 0.25) is 0 Å². The molecule has 1 aromatic carbocycles. The van der Waals surface area contributed by atoms with E-state index >= 15 is 0 Å². The second kappa shape index (κ2) is 7.73. The van der Waals surface area contributed by atoms with Crippen LogP contribution >= 0.6 is 0 Å². The largest absolute Gasteiger partial charge is 0.378 e. The summed E-state index contributed by atoms with van der Waals surface area (Å²) in [5.41, 5.74) is 2.65. The van der Waals surface area contributed by atoms with Gasteiger partial charge in [0, 0.05) is 30.4 Å². The zero-order chi connectivity index (χ0) is 23.5. The molecule has 3 aliphatic rings. The lowest BCUT2D eigenvalue weighted by atomic mass is 9.80. The molecule has 33 heavy (non-hydrogen) atoms. The first-order valence-corrected chi connectivity index (χ1v) is 11.3. The molecular weight excluding hydrogens is 423 g/mol. The Morgan fingerprint density at radius 2 is 2.00 bits per heavy atom. The Morgan fingerprint density at radius 1 is 1.27 bits per heavy atom. The van der Waals surface area contributed by atoms with Crippen LogP contribution < -0.4 is 9.80 Å². The molecule has 4 heterocycles. The van der Waals surface area contributed by atoms with Gasteiger partial charge in [-0.25, -0.2) is 14.4 Å². The summed E-state index contributed by atoms with van der Waals surface area (Å²) in [5.74, 6) is -0.384. The number of morpholine rings is 1. The Hall–Kier alpha value is -3.13. The molecule has 0 N–H and O–H groups in total. The topological polar surface area (TPSA) is 75.6 Å². The fraction of sp³-hybridized carbons (Fsp3) is 0.440. The molecule has 1 amide bonds. The molecule has 3 aliphatic heterocycles. The van der Waals surface area contributed by atoms with Gasteiger partial charge < -0.3 is 14.5 Å². The second-order valence-electron chi connectivity index (χ2n) is 9.64. The van der Waals surface area contributed by atoms with E-state index in [4.69, 9.17) is 4.74 Å². The van der Waals surface area contributed by atoms with Crippen molar-refractivity contribution in [3.05, 3.63) is 52.6 Å². The normalized spacial score (nSPS) is 22.6. The lowest BCUT2D eigenvalue weighted by molar-refractivity contribution is -0.114. The van der Waals surface area contributed by atoms with Gasteiger partial charge in [0.05, 0.1) is 35.7 Å². The van der Waals surface area contributed by atoms with Crippen LogP contribution in [-0.4, -0.2) is 53.5 Å². The van der Waals surface area contributed by atoms with E-state index in [0.717, 1.165) is 11.3 Å². The minimum Gasteiger partial charge on any atom is -0.378 e. The molecule has 1 saturated heterocycles. The van der Waals surface area contributed by atoms with Crippen LogP contribution in [0.1, 0.15) is 60.3 Å². The minimum absolute atomic E-state index is 0.104. The average Bonchev–Trinajstić information content (AvgIpc) is 3.04. The average molecular weight is 451 g/mol. The van der Waals surface area contributed by atoms with Crippen LogP contribution in [0.4, 0.5) is 16.0 Å². The summed E-state index contributed by atoms with van der Waals surface area (Å²) in [6.07, 6.45) is 3.54. The monoisotopic (exact) mass is 450 g/mol. The fourth-order valence-electron chi connectivity index (χ4n) is 5.28. The molecule has 0 aliphatic carbocycles. The summed E-state index contributed by atoms with van der Waals surface area (Å²) in [6.45, 7) is 10.4. The molecule has 5 rings (SSSR count). The standard InChI is InChI=1S/C25H27FN4O3/c1-14-12-25(3,4)30-22-17(14)9-16(26)10-18(22)19(23(30)32)11-21(31)20-13-27-24(28-15(20)2)29-5-7-33-8-6-29/h9-11,13-14H,5-8,12H2,1-4H3. The van der Waals surface area contributed by atoms with Crippen molar-refractivity contribution in [2.24, 2.45) is 0 Å². The van der Waals surface area contributed by atoms with Gasteiger partial charge in [-0.1, -0.05) is 6.92 Å². The van der Waals surface area contributed by atoms with E-state index in [-0.39, 0.29) is 23.2 Å². The number of halogens is 1. The third-order valence-electron chi connectivity index (χ3n) is 6.79. The number of aromatic nitrogens is 2. The first-order valence-electron chi connectivity index (χ1n) is 11.3. The van der Waals surface area contributed by atoms with E-state index in [0.29, 0.717) is 55.5 Å². The molecule has 0 spiro atoms. The third kappa shape index (κ3) is 3.53. The lowest BCUT2D eigenvalue weighted by Crippen LogP contribution is -2.49. The molecule has 7 nitrogen and oxygen atoms in total. The predicted molar refractivity (Wildman–Crippen MR) is 123 cm³/mol. The number of ketones is 1. The summed E-state index contributed by atoms with van der Waals surface area (Å²) in [5, 5.41) is 0. The first-order chi connectivity index (χ1) is 15.7. The zero-order valence-electron chi connectivity index (χ0n) is 19.3. The number of carbonyl (C=O) groups excluding carboxylic acids is 2. The van der Waals surface area contributed by atoms with Crippen molar-refractivity contribution in [3.63, 3.8) is 0 Å². The Morgan fingerprint density at radius 3 is 2.70 bits per heavy atom. The number of hydrogen-bond acceptors (Lipinski definition) is 6. The van der Waals surface area contributed by atoms with Gasteiger partial charge >= 0.3 is 0 Å². The summed E-state index contributed by atoms with van der Waals surface area (Å²) >= 11 is 0. The van der Waals surface area contributed by atoms with Crippen molar-refractivity contribution >= 4 is 28.9 Å². The van der Waals surface area contributed by atoms with Gasteiger partial charge in [-0.2, -0.15) is 0 Å². The fourth-order valence-corrected chi connectivity index (χ4v) is 5.28. The highest BCUT2D eigenvalue weighted by molar-refractivity contribution is 6.36. The molecule has 1 aromatic heterocycles. The lowest BCUT2D eigenvalue weighted by Gasteiger charge is -2.43. The number of anilines is 2. The summed E-state index contributed by atoms with van der Waals surface area (Å²) < 4.78 is 19.9. The smallest absolute Gasteiger partial charge is 0.259 e. The van der Waals surface area contributed by atoms with Crippen LogP contribution in [0.5, 0.6) is 0 Å². The van der Waals surface area contributed by atoms with E-state index in [9.17, 15) is 14.0 Å². The van der Waals surface area contributed by atoms with Crippen molar-refractivity contribution < 1.29 is 18.7 Å². The highest BCUT2D eigenvalue weighted by Crippen LogP contribution is 2.51. The van der Waals surface area contributed by atoms with E-state index in [1.54, 1.807) is 11.8 Å². The van der Waals surface area contributed by atoms with Crippen LogP contribution in [0.3, 0.4) is 0 Å². The van der Waals surface area contributed by atoms with Crippen LogP contribution in [-0.2, 0) is 9.53 Å². The van der Waals surface area contributed by atoms with Gasteiger partial charge in [0.2, 0.25) is 5.95 Å². The molecule has 0 saturated carbocycles. The highest BCUT2D eigenvalue weighted by atomic mass is 19.1. The summed E-state index contributed by atoms with van der Waals surface area (Å²) in [7, 11) is 0. The Labute approximate surface area is 192 Å². The van der Waals surface area contributed by atoms with Crippen molar-refractivity contribution in [1.82, 2.24) is 9.97 Å². The maximum absolute atomic E-state index is 14.5. The van der Waals surface area contributed by atoms with Crippen molar-refractivity contribution in [2.45, 2.75) is 45.6 Å². The highest BCUT2D eigenvalue weighted by Gasteiger charge is 2.47. The quantitative estimate of drug-likeness (QED) is 0.525. The molecular formula is C25H27FN4O3. The number of nitrogens with zero attached hydrogens (tertiary/aromatic N) is 4. The molecule has 1 atom stereocenters. The number of hydrogen-bond donors (Lipinski definition) is 0.